The number of ether oxygens (including phenoxy) is 2. The molecule has 0 bridgehead atoms. The summed E-state index contributed by atoms with van der Waals surface area (Å²) in [6, 6.07) is 8.23. The van der Waals surface area contributed by atoms with Crippen LogP contribution in [0.15, 0.2) is 24.3 Å². The highest BCUT2D eigenvalue weighted by atomic mass is 16.5. The number of methoxy groups -OCH3 is 1. The molecule has 2 rings (SSSR count). The van der Waals surface area contributed by atoms with Gasteiger partial charge in [-0.1, -0.05) is 26.2 Å². The number of piperidine rings is 1. The van der Waals surface area contributed by atoms with Crippen LogP contribution in [0.3, 0.4) is 0 Å². The number of benzene rings is 1. The summed E-state index contributed by atoms with van der Waals surface area (Å²) in [4.78, 5) is 15.1. The zero-order valence-electron chi connectivity index (χ0n) is 17.4. The standard InChI is InChI=1S/C22H36N2O3/c1-5-6-14-22(3,26-4)21(25)23-19-10-12-20(13-11-19)27-17-16-24-15-8-7-9-18(24)2/h10-13,18H,5-9,14-17H2,1-4H3,(H,23,25)/t18-,22-/m1/s1. The maximum absolute atomic E-state index is 12.6. The van der Waals surface area contributed by atoms with Gasteiger partial charge in [0.2, 0.25) is 0 Å². The van der Waals surface area contributed by atoms with E-state index < -0.39 is 5.60 Å². The summed E-state index contributed by atoms with van der Waals surface area (Å²) in [5.74, 6) is 0.726. The zero-order valence-corrected chi connectivity index (χ0v) is 17.4. The fourth-order valence-corrected chi connectivity index (χ4v) is 3.49. The van der Waals surface area contributed by atoms with Crippen LogP contribution in [-0.4, -0.2) is 49.3 Å². The van der Waals surface area contributed by atoms with E-state index in [2.05, 4.69) is 24.1 Å². The second kappa shape index (κ2) is 10.7. The predicted molar refractivity (Wildman–Crippen MR) is 110 cm³/mol. The Morgan fingerprint density at radius 1 is 1.30 bits per heavy atom. The Bertz CT molecular complexity index is 575. The van der Waals surface area contributed by atoms with Gasteiger partial charge in [0.1, 0.15) is 18.0 Å². The molecule has 0 spiro atoms. The summed E-state index contributed by atoms with van der Waals surface area (Å²) < 4.78 is 11.4. The Hall–Kier alpha value is -1.59. The molecule has 1 aromatic carbocycles. The van der Waals surface area contributed by atoms with Crippen LogP contribution in [-0.2, 0) is 9.53 Å². The topological polar surface area (TPSA) is 50.8 Å². The van der Waals surface area contributed by atoms with Gasteiger partial charge in [0.05, 0.1) is 0 Å². The van der Waals surface area contributed by atoms with Crippen molar-refractivity contribution >= 4 is 11.6 Å². The van der Waals surface area contributed by atoms with Gasteiger partial charge in [0, 0.05) is 25.4 Å². The number of hydrogen-bond acceptors (Lipinski definition) is 4. The van der Waals surface area contributed by atoms with Crippen molar-refractivity contribution in [2.75, 3.05) is 32.1 Å². The summed E-state index contributed by atoms with van der Waals surface area (Å²) >= 11 is 0. The summed E-state index contributed by atoms with van der Waals surface area (Å²) in [7, 11) is 1.59. The number of nitrogens with zero attached hydrogens (tertiary/aromatic N) is 1. The van der Waals surface area contributed by atoms with Gasteiger partial charge in [-0.25, -0.2) is 0 Å². The van der Waals surface area contributed by atoms with Crippen LogP contribution in [0.2, 0.25) is 0 Å². The first kappa shape index (κ1) is 21.7. The normalized spacial score (nSPS) is 20.1. The smallest absolute Gasteiger partial charge is 0.256 e. The Kier molecular flexibility index (Phi) is 8.58. The van der Waals surface area contributed by atoms with Crippen molar-refractivity contribution in [3.8, 4) is 5.75 Å². The van der Waals surface area contributed by atoms with Gasteiger partial charge in [-0.15, -0.1) is 0 Å². The van der Waals surface area contributed by atoms with Crippen molar-refractivity contribution in [1.82, 2.24) is 4.90 Å². The number of carbonyl (C=O) groups excluding carboxylic acids is 1. The predicted octanol–water partition coefficient (Wildman–Crippen LogP) is 4.47. The molecular formula is C22H36N2O3. The van der Waals surface area contributed by atoms with E-state index >= 15 is 0 Å². The highest BCUT2D eigenvalue weighted by molar-refractivity contribution is 5.97. The fraction of sp³-hybridized carbons (Fsp3) is 0.682. The minimum absolute atomic E-state index is 0.105. The van der Waals surface area contributed by atoms with Crippen LogP contribution in [0.1, 0.15) is 59.3 Å². The molecule has 1 amide bonds. The molecule has 0 saturated carbocycles. The Morgan fingerprint density at radius 3 is 2.67 bits per heavy atom. The summed E-state index contributed by atoms with van der Waals surface area (Å²) in [6.45, 7) is 9.07. The third-order valence-corrected chi connectivity index (χ3v) is 5.64. The average Bonchev–Trinajstić information content (AvgIpc) is 2.69. The van der Waals surface area contributed by atoms with E-state index in [1.165, 1.54) is 25.8 Å². The molecule has 1 aliphatic heterocycles. The Morgan fingerprint density at radius 2 is 2.04 bits per heavy atom. The van der Waals surface area contributed by atoms with Crippen LogP contribution in [0.25, 0.3) is 0 Å². The van der Waals surface area contributed by atoms with Gasteiger partial charge in [0.15, 0.2) is 0 Å². The molecule has 27 heavy (non-hydrogen) atoms. The number of likely N-dealkylation sites (tertiary alicyclic amines) is 1. The first-order valence-corrected chi connectivity index (χ1v) is 10.3. The number of nitrogens with one attached hydrogen (secondary N) is 1. The SMILES string of the molecule is CCCC[C@@](C)(OC)C(=O)Nc1ccc(OCCN2CCCC[C@H]2C)cc1. The lowest BCUT2D eigenvalue weighted by Gasteiger charge is -2.33. The van der Waals surface area contributed by atoms with Crippen molar-refractivity contribution in [2.45, 2.75) is 70.9 Å². The molecule has 0 unspecified atom stereocenters. The number of anilines is 1. The molecule has 1 saturated heterocycles. The van der Waals surface area contributed by atoms with Crippen molar-refractivity contribution in [1.29, 1.82) is 0 Å². The number of carbonyl (C=O) groups is 1. The van der Waals surface area contributed by atoms with Crippen molar-refractivity contribution in [2.24, 2.45) is 0 Å². The van der Waals surface area contributed by atoms with E-state index in [1.807, 2.05) is 31.2 Å². The molecule has 2 atom stereocenters. The lowest BCUT2D eigenvalue weighted by Crippen LogP contribution is -2.41. The second-order valence-electron chi connectivity index (χ2n) is 7.75. The van der Waals surface area contributed by atoms with Crippen molar-refractivity contribution in [3.05, 3.63) is 24.3 Å². The lowest BCUT2D eigenvalue weighted by atomic mass is 9.97. The molecule has 152 valence electrons. The molecule has 1 aliphatic rings. The molecule has 0 aliphatic carbocycles. The van der Waals surface area contributed by atoms with Crippen LogP contribution >= 0.6 is 0 Å². The molecular weight excluding hydrogens is 340 g/mol. The van der Waals surface area contributed by atoms with Gasteiger partial charge in [-0.3, -0.25) is 9.69 Å². The van der Waals surface area contributed by atoms with Gasteiger partial charge in [-0.05, 0) is 63.9 Å². The minimum atomic E-state index is -0.795. The number of hydrogen-bond donors (Lipinski definition) is 1. The number of rotatable bonds is 10. The van der Waals surface area contributed by atoms with Crippen LogP contribution < -0.4 is 10.1 Å². The van der Waals surface area contributed by atoms with Crippen molar-refractivity contribution < 1.29 is 14.3 Å². The van der Waals surface area contributed by atoms with E-state index in [4.69, 9.17) is 9.47 Å². The second-order valence-corrected chi connectivity index (χ2v) is 7.75. The van der Waals surface area contributed by atoms with E-state index in [-0.39, 0.29) is 5.91 Å². The number of unbranched alkanes of at least 4 members (excludes halogenated alkanes) is 1. The molecule has 0 aromatic heterocycles. The van der Waals surface area contributed by atoms with E-state index in [1.54, 1.807) is 7.11 Å². The van der Waals surface area contributed by atoms with Crippen LogP contribution in [0, 0.1) is 0 Å². The maximum Gasteiger partial charge on any atom is 0.256 e. The number of amides is 1. The largest absolute Gasteiger partial charge is 0.492 e. The van der Waals surface area contributed by atoms with E-state index in [0.717, 1.165) is 30.8 Å². The summed E-state index contributed by atoms with van der Waals surface area (Å²) in [5, 5.41) is 2.96. The molecule has 5 nitrogen and oxygen atoms in total. The van der Waals surface area contributed by atoms with Crippen LogP contribution in [0.4, 0.5) is 5.69 Å². The first-order valence-electron chi connectivity index (χ1n) is 10.3. The van der Waals surface area contributed by atoms with E-state index in [9.17, 15) is 4.79 Å². The van der Waals surface area contributed by atoms with Crippen LogP contribution in [0.5, 0.6) is 5.75 Å². The maximum atomic E-state index is 12.6. The van der Waals surface area contributed by atoms with Gasteiger partial charge in [0.25, 0.3) is 5.91 Å². The molecule has 1 aromatic rings. The average molecular weight is 377 g/mol. The summed E-state index contributed by atoms with van der Waals surface area (Å²) in [6.07, 6.45) is 6.62. The van der Waals surface area contributed by atoms with Gasteiger partial charge >= 0.3 is 0 Å². The minimum Gasteiger partial charge on any atom is -0.492 e. The van der Waals surface area contributed by atoms with Crippen molar-refractivity contribution in [3.63, 3.8) is 0 Å². The Labute approximate surface area is 164 Å². The molecule has 1 fully saturated rings. The molecule has 0 radical (unpaired) electrons. The molecule has 1 N–H and O–H groups in total. The van der Waals surface area contributed by atoms with Gasteiger partial charge in [-0.2, -0.15) is 0 Å². The molecule has 1 heterocycles. The third kappa shape index (κ3) is 6.51. The Balaban J connectivity index is 1.81. The lowest BCUT2D eigenvalue weighted by molar-refractivity contribution is -0.136. The quantitative estimate of drug-likeness (QED) is 0.654. The third-order valence-electron chi connectivity index (χ3n) is 5.64. The van der Waals surface area contributed by atoms with E-state index in [0.29, 0.717) is 19.1 Å². The zero-order chi connectivity index (χ0) is 19.7. The monoisotopic (exact) mass is 376 g/mol. The summed E-state index contributed by atoms with van der Waals surface area (Å²) in [5.41, 5.74) is -0.0344. The highest BCUT2D eigenvalue weighted by Crippen LogP contribution is 2.22. The first-order chi connectivity index (χ1) is 13.0. The highest BCUT2D eigenvalue weighted by Gasteiger charge is 2.32. The molecule has 5 heteroatoms. The van der Waals surface area contributed by atoms with Gasteiger partial charge < -0.3 is 14.8 Å². The fourth-order valence-electron chi connectivity index (χ4n) is 3.49.